The monoisotopic (exact) mass is 342 g/mol. The number of ether oxygens (including phenoxy) is 1. The maximum Gasteiger partial charge on any atom is 0.250 e. The fourth-order valence-electron chi connectivity index (χ4n) is 1.53. The first-order valence-corrected chi connectivity index (χ1v) is 6.19. The summed E-state index contributed by atoms with van der Waals surface area (Å²) < 4.78 is 32.5. The molecule has 0 spiro atoms. The average molecular weight is 343 g/mol. The fraction of sp³-hybridized carbons (Fsp3) is 0. The number of rotatable bonds is 3. The minimum absolute atomic E-state index is 0.0704. The normalized spacial score (nSPS) is 10.3. The first-order chi connectivity index (χ1) is 9.38. The van der Waals surface area contributed by atoms with Crippen molar-refractivity contribution in [3.05, 3.63) is 52.0 Å². The molecule has 0 atom stereocenters. The number of amides is 1. The number of carbonyl (C=O) groups is 1. The van der Waals surface area contributed by atoms with Gasteiger partial charge in [-0.15, -0.1) is 0 Å². The highest BCUT2D eigenvalue weighted by Crippen LogP contribution is 2.30. The number of nitrogens with two attached hydrogens (primary N) is 2. The Kier molecular flexibility index (Phi) is 3.89. The van der Waals surface area contributed by atoms with Gasteiger partial charge < -0.3 is 16.2 Å². The van der Waals surface area contributed by atoms with E-state index < -0.39 is 17.5 Å². The Morgan fingerprint density at radius 2 is 1.85 bits per heavy atom. The first kappa shape index (κ1) is 14.3. The van der Waals surface area contributed by atoms with Gasteiger partial charge in [0.05, 0.1) is 10.0 Å². The quantitative estimate of drug-likeness (QED) is 0.840. The molecule has 0 saturated heterocycles. The second kappa shape index (κ2) is 5.46. The predicted molar refractivity (Wildman–Crippen MR) is 73.5 cm³/mol. The van der Waals surface area contributed by atoms with Gasteiger partial charge in [-0.05, 0) is 34.1 Å². The van der Waals surface area contributed by atoms with Gasteiger partial charge in [0.1, 0.15) is 11.6 Å². The number of nitrogen functional groups attached to an aromatic ring is 1. The van der Waals surface area contributed by atoms with Crippen molar-refractivity contribution in [1.29, 1.82) is 0 Å². The van der Waals surface area contributed by atoms with Crippen LogP contribution in [0, 0.1) is 11.6 Å². The summed E-state index contributed by atoms with van der Waals surface area (Å²) in [5.74, 6) is -2.35. The Hall–Kier alpha value is -2.15. The van der Waals surface area contributed by atoms with Gasteiger partial charge in [-0.3, -0.25) is 4.79 Å². The molecule has 20 heavy (non-hydrogen) atoms. The van der Waals surface area contributed by atoms with Gasteiger partial charge in [-0.1, -0.05) is 0 Å². The van der Waals surface area contributed by atoms with Crippen molar-refractivity contribution >= 4 is 27.5 Å². The average Bonchev–Trinajstić information content (AvgIpc) is 2.36. The van der Waals surface area contributed by atoms with Crippen LogP contribution in [0.15, 0.2) is 34.8 Å². The van der Waals surface area contributed by atoms with Crippen molar-refractivity contribution in [2.75, 3.05) is 5.73 Å². The van der Waals surface area contributed by atoms with Gasteiger partial charge in [0, 0.05) is 17.8 Å². The largest absolute Gasteiger partial charge is 0.454 e. The Morgan fingerprint density at radius 3 is 2.45 bits per heavy atom. The molecule has 0 aliphatic rings. The number of hydrogen-bond acceptors (Lipinski definition) is 3. The molecule has 0 heterocycles. The summed E-state index contributed by atoms with van der Waals surface area (Å²) in [5, 5.41) is 0. The van der Waals surface area contributed by atoms with Crippen molar-refractivity contribution in [1.82, 2.24) is 0 Å². The molecule has 7 heteroatoms. The van der Waals surface area contributed by atoms with Crippen molar-refractivity contribution in [3.8, 4) is 11.5 Å². The van der Waals surface area contributed by atoms with Crippen LogP contribution in [-0.4, -0.2) is 5.91 Å². The molecule has 0 saturated carbocycles. The summed E-state index contributed by atoms with van der Waals surface area (Å²) in [4.78, 5) is 11.1. The van der Waals surface area contributed by atoms with Crippen LogP contribution in [0.1, 0.15) is 10.4 Å². The summed E-state index contributed by atoms with van der Waals surface area (Å²) in [6.45, 7) is 0. The molecule has 0 aromatic heterocycles. The molecule has 0 fully saturated rings. The van der Waals surface area contributed by atoms with Crippen molar-refractivity contribution in [3.63, 3.8) is 0 Å². The molecule has 2 rings (SSSR count). The van der Waals surface area contributed by atoms with E-state index in [2.05, 4.69) is 15.9 Å². The van der Waals surface area contributed by atoms with E-state index in [9.17, 15) is 13.6 Å². The lowest BCUT2D eigenvalue weighted by molar-refractivity contribution is 0.100. The third kappa shape index (κ3) is 2.88. The van der Waals surface area contributed by atoms with Gasteiger partial charge in [0.2, 0.25) is 0 Å². The van der Waals surface area contributed by atoms with Gasteiger partial charge in [-0.2, -0.15) is 0 Å². The lowest BCUT2D eigenvalue weighted by Gasteiger charge is -2.10. The maximum absolute atomic E-state index is 13.7. The molecule has 2 aromatic rings. The van der Waals surface area contributed by atoms with Crippen LogP contribution in [0.3, 0.4) is 0 Å². The minimum atomic E-state index is -0.811. The summed E-state index contributed by atoms with van der Waals surface area (Å²) in [6.07, 6.45) is 0. The van der Waals surface area contributed by atoms with Gasteiger partial charge in [-0.25, -0.2) is 8.78 Å². The smallest absolute Gasteiger partial charge is 0.250 e. The van der Waals surface area contributed by atoms with Crippen LogP contribution in [0.5, 0.6) is 11.5 Å². The Labute approximate surface area is 121 Å². The van der Waals surface area contributed by atoms with Crippen LogP contribution >= 0.6 is 15.9 Å². The number of anilines is 1. The predicted octanol–water partition coefficient (Wildman–Crippen LogP) is 3.20. The summed E-state index contributed by atoms with van der Waals surface area (Å²) in [6, 6.07) is 5.92. The Morgan fingerprint density at radius 1 is 1.15 bits per heavy atom. The maximum atomic E-state index is 13.7. The Balaban J connectivity index is 2.40. The molecule has 4 nitrogen and oxygen atoms in total. The number of carbonyl (C=O) groups excluding carboxylic acids is 1. The van der Waals surface area contributed by atoms with Crippen LogP contribution in [0.25, 0.3) is 0 Å². The summed E-state index contributed by atoms with van der Waals surface area (Å²) >= 11 is 2.99. The molecule has 1 amide bonds. The van der Waals surface area contributed by atoms with E-state index in [-0.39, 0.29) is 27.2 Å². The van der Waals surface area contributed by atoms with Crippen LogP contribution in [-0.2, 0) is 0 Å². The molecule has 104 valence electrons. The van der Waals surface area contributed by atoms with Crippen molar-refractivity contribution in [2.45, 2.75) is 0 Å². The third-order valence-electron chi connectivity index (χ3n) is 2.49. The zero-order valence-corrected chi connectivity index (χ0v) is 11.6. The summed E-state index contributed by atoms with van der Waals surface area (Å²) in [7, 11) is 0. The van der Waals surface area contributed by atoms with Gasteiger partial charge in [0.25, 0.3) is 5.91 Å². The number of benzene rings is 2. The zero-order chi connectivity index (χ0) is 14.9. The Bertz CT molecular complexity index is 692. The molecule has 0 aliphatic heterocycles. The standard InChI is InChI=1S/C13H9BrF2N2O2/c14-8-2-1-6(3-9(8)15)20-12-4-7(13(18)19)11(17)5-10(12)16/h1-5H,17H2,(H2,18,19). The highest BCUT2D eigenvalue weighted by atomic mass is 79.9. The highest BCUT2D eigenvalue weighted by molar-refractivity contribution is 9.10. The van der Waals surface area contributed by atoms with Crippen molar-refractivity contribution in [2.24, 2.45) is 5.73 Å². The van der Waals surface area contributed by atoms with E-state index in [4.69, 9.17) is 16.2 Å². The molecular formula is C13H9BrF2N2O2. The fourth-order valence-corrected chi connectivity index (χ4v) is 1.77. The van der Waals surface area contributed by atoms with E-state index >= 15 is 0 Å². The molecular weight excluding hydrogens is 334 g/mol. The molecule has 0 unspecified atom stereocenters. The van der Waals surface area contributed by atoms with Gasteiger partial charge in [0.15, 0.2) is 11.6 Å². The topological polar surface area (TPSA) is 78.3 Å². The zero-order valence-electron chi connectivity index (χ0n) is 9.99. The van der Waals surface area contributed by atoms with Gasteiger partial charge >= 0.3 is 0 Å². The molecule has 0 aliphatic carbocycles. The van der Waals surface area contributed by atoms with Crippen LogP contribution in [0.4, 0.5) is 14.5 Å². The third-order valence-corrected chi connectivity index (χ3v) is 3.13. The lowest BCUT2D eigenvalue weighted by Crippen LogP contribution is -2.14. The number of halogens is 3. The van der Waals surface area contributed by atoms with Crippen molar-refractivity contribution < 1.29 is 18.3 Å². The molecule has 0 radical (unpaired) electrons. The lowest BCUT2D eigenvalue weighted by atomic mass is 10.1. The molecule has 2 aromatic carbocycles. The number of primary amides is 1. The van der Waals surface area contributed by atoms with Crippen LogP contribution in [0.2, 0.25) is 0 Å². The van der Waals surface area contributed by atoms with E-state index in [1.165, 1.54) is 12.1 Å². The van der Waals surface area contributed by atoms with Crippen LogP contribution < -0.4 is 16.2 Å². The molecule has 4 N–H and O–H groups in total. The van der Waals surface area contributed by atoms with E-state index in [1.54, 1.807) is 0 Å². The second-order valence-corrected chi connectivity index (χ2v) is 4.77. The first-order valence-electron chi connectivity index (χ1n) is 5.40. The van der Waals surface area contributed by atoms with E-state index in [0.29, 0.717) is 0 Å². The molecule has 0 bridgehead atoms. The number of hydrogen-bond donors (Lipinski definition) is 2. The van der Waals surface area contributed by atoms with E-state index in [1.807, 2.05) is 0 Å². The second-order valence-electron chi connectivity index (χ2n) is 3.91. The minimum Gasteiger partial charge on any atom is -0.454 e. The SMILES string of the molecule is NC(=O)c1cc(Oc2ccc(Br)c(F)c2)c(F)cc1N. The highest BCUT2D eigenvalue weighted by Gasteiger charge is 2.14. The summed E-state index contributed by atoms with van der Waals surface area (Å²) in [5.41, 5.74) is 10.4. The van der Waals surface area contributed by atoms with E-state index in [0.717, 1.165) is 18.2 Å².